The summed E-state index contributed by atoms with van der Waals surface area (Å²) in [6.07, 6.45) is -0.110. The first-order valence-corrected chi connectivity index (χ1v) is 3.87. The summed E-state index contributed by atoms with van der Waals surface area (Å²) < 4.78 is 25.9. The molecule has 0 aliphatic carbocycles. The Kier molecular flexibility index (Phi) is 2.99. The highest BCUT2D eigenvalue weighted by molar-refractivity contribution is 5.31. The molecule has 1 aromatic rings. The summed E-state index contributed by atoms with van der Waals surface area (Å²) >= 11 is 0. The molecule has 1 rings (SSSR count). The smallest absolute Gasteiger partial charge is 0.200 e. The summed E-state index contributed by atoms with van der Waals surface area (Å²) in [5.41, 5.74) is 5.31. The maximum absolute atomic E-state index is 13.1. The number of nitrogens with two attached hydrogens (primary N) is 1. The third-order valence-electron chi connectivity index (χ3n) is 1.80. The normalized spacial score (nSPS) is 12.1. The Hall–Kier alpha value is -1.67. The van der Waals surface area contributed by atoms with E-state index in [9.17, 15) is 8.78 Å². The predicted octanol–water partition coefficient (Wildman–Crippen LogP) is 1.58. The molecule has 0 fully saturated rings. The topological polar surface area (TPSA) is 70.0 Å². The molecule has 0 saturated carbocycles. The van der Waals surface area contributed by atoms with E-state index < -0.39 is 23.4 Å². The number of phenolic OH excluding ortho intramolecular Hbond substituents is 1. The molecule has 0 saturated heterocycles. The molecule has 1 atom stereocenters. The minimum absolute atomic E-state index is 0.109. The molecule has 74 valence electrons. The Morgan fingerprint density at radius 3 is 2.64 bits per heavy atom. The fraction of sp³-hybridized carbons (Fsp3) is 0.222. The SMILES string of the molecule is N#CC[C@H](N)c1ccc(O)c(F)c1F. The lowest BCUT2D eigenvalue weighted by Gasteiger charge is -2.09. The molecule has 14 heavy (non-hydrogen) atoms. The Morgan fingerprint density at radius 1 is 1.43 bits per heavy atom. The zero-order valence-corrected chi connectivity index (χ0v) is 7.17. The first-order chi connectivity index (χ1) is 6.57. The minimum atomic E-state index is -1.34. The standard InChI is InChI=1S/C9H8F2N2O/c10-8-5(6(13)3-4-12)1-2-7(14)9(8)11/h1-2,6,14H,3,13H2/t6-/m0/s1. The van der Waals surface area contributed by atoms with E-state index >= 15 is 0 Å². The molecule has 0 spiro atoms. The van der Waals surface area contributed by atoms with Crippen molar-refractivity contribution in [2.45, 2.75) is 12.5 Å². The van der Waals surface area contributed by atoms with Gasteiger partial charge in [0.2, 0.25) is 5.82 Å². The average Bonchev–Trinajstić information content (AvgIpc) is 2.15. The molecule has 0 aromatic heterocycles. The van der Waals surface area contributed by atoms with Gasteiger partial charge in [0.05, 0.1) is 12.5 Å². The summed E-state index contributed by atoms with van der Waals surface area (Å²) in [6, 6.07) is 3.04. The summed E-state index contributed by atoms with van der Waals surface area (Å²) in [7, 11) is 0. The molecule has 3 N–H and O–H groups in total. The van der Waals surface area contributed by atoms with Crippen LogP contribution in [0, 0.1) is 23.0 Å². The van der Waals surface area contributed by atoms with Gasteiger partial charge in [-0.2, -0.15) is 9.65 Å². The summed E-state index contributed by atoms with van der Waals surface area (Å²) in [4.78, 5) is 0. The summed E-state index contributed by atoms with van der Waals surface area (Å²) in [5, 5.41) is 17.1. The van der Waals surface area contributed by atoms with Gasteiger partial charge in [-0.1, -0.05) is 6.07 Å². The first kappa shape index (κ1) is 10.4. The van der Waals surface area contributed by atoms with Crippen LogP contribution in [0.25, 0.3) is 0 Å². The highest BCUT2D eigenvalue weighted by Crippen LogP contribution is 2.25. The van der Waals surface area contributed by atoms with E-state index in [4.69, 9.17) is 16.1 Å². The van der Waals surface area contributed by atoms with Crippen molar-refractivity contribution in [3.8, 4) is 11.8 Å². The van der Waals surface area contributed by atoms with Crippen LogP contribution in [-0.2, 0) is 0 Å². The average molecular weight is 198 g/mol. The molecule has 5 heteroatoms. The molecule has 0 heterocycles. The van der Waals surface area contributed by atoms with Gasteiger partial charge in [-0.3, -0.25) is 0 Å². The van der Waals surface area contributed by atoms with Crippen LogP contribution in [0.5, 0.6) is 5.75 Å². The maximum Gasteiger partial charge on any atom is 0.200 e. The number of rotatable bonds is 2. The van der Waals surface area contributed by atoms with Crippen LogP contribution in [0.15, 0.2) is 12.1 Å². The Balaban J connectivity index is 3.12. The van der Waals surface area contributed by atoms with Gasteiger partial charge in [0.1, 0.15) is 0 Å². The lowest BCUT2D eigenvalue weighted by molar-refractivity contribution is 0.401. The summed E-state index contributed by atoms with van der Waals surface area (Å²) in [5.74, 6) is -3.31. The van der Waals surface area contributed by atoms with Gasteiger partial charge in [0.25, 0.3) is 0 Å². The van der Waals surface area contributed by atoms with E-state index in [1.165, 1.54) is 0 Å². The largest absolute Gasteiger partial charge is 0.505 e. The Labute approximate surface area is 79.4 Å². The van der Waals surface area contributed by atoms with E-state index in [0.717, 1.165) is 12.1 Å². The van der Waals surface area contributed by atoms with Crippen LogP contribution in [0.3, 0.4) is 0 Å². The van der Waals surface area contributed by atoms with Gasteiger partial charge >= 0.3 is 0 Å². The van der Waals surface area contributed by atoms with Gasteiger partial charge in [-0.05, 0) is 6.07 Å². The quantitative estimate of drug-likeness (QED) is 0.757. The number of phenols is 1. The summed E-state index contributed by atoms with van der Waals surface area (Å²) in [6.45, 7) is 0. The lowest BCUT2D eigenvalue weighted by Crippen LogP contribution is -2.12. The molecule has 0 aliphatic heterocycles. The van der Waals surface area contributed by atoms with Crippen LogP contribution in [-0.4, -0.2) is 5.11 Å². The van der Waals surface area contributed by atoms with Crippen LogP contribution >= 0.6 is 0 Å². The second-order valence-electron chi connectivity index (χ2n) is 2.77. The van der Waals surface area contributed by atoms with Crippen LogP contribution in [0.1, 0.15) is 18.0 Å². The van der Waals surface area contributed by atoms with E-state index in [-0.39, 0.29) is 12.0 Å². The number of nitrogens with zero attached hydrogens (tertiary/aromatic N) is 1. The second kappa shape index (κ2) is 4.03. The fourth-order valence-corrected chi connectivity index (χ4v) is 1.05. The van der Waals surface area contributed by atoms with Crippen molar-refractivity contribution in [2.75, 3.05) is 0 Å². The van der Waals surface area contributed by atoms with E-state index in [1.54, 1.807) is 6.07 Å². The predicted molar refractivity (Wildman–Crippen MR) is 45.2 cm³/mol. The van der Waals surface area contributed by atoms with Gasteiger partial charge in [-0.15, -0.1) is 0 Å². The van der Waals surface area contributed by atoms with Crippen LogP contribution < -0.4 is 5.73 Å². The zero-order valence-electron chi connectivity index (χ0n) is 7.17. The Bertz CT molecular complexity index is 387. The molecule has 3 nitrogen and oxygen atoms in total. The van der Waals surface area contributed by atoms with Gasteiger partial charge in [0, 0.05) is 11.6 Å². The molecular weight excluding hydrogens is 190 g/mol. The van der Waals surface area contributed by atoms with Crippen molar-refractivity contribution in [1.29, 1.82) is 5.26 Å². The molecule has 0 radical (unpaired) electrons. The monoisotopic (exact) mass is 198 g/mol. The number of aromatic hydroxyl groups is 1. The van der Waals surface area contributed by atoms with Crippen molar-refractivity contribution in [3.63, 3.8) is 0 Å². The fourth-order valence-electron chi connectivity index (χ4n) is 1.05. The van der Waals surface area contributed by atoms with Crippen molar-refractivity contribution >= 4 is 0 Å². The van der Waals surface area contributed by atoms with Gasteiger partial charge < -0.3 is 10.8 Å². The highest BCUT2D eigenvalue weighted by atomic mass is 19.2. The van der Waals surface area contributed by atoms with Crippen LogP contribution in [0.4, 0.5) is 8.78 Å². The minimum Gasteiger partial charge on any atom is -0.505 e. The van der Waals surface area contributed by atoms with Crippen molar-refractivity contribution in [2.24, 2.45) is 5.73 Å². The third-order valence-corrected chi connectivity index (χ3v) is 1.80. The first-order valence-electron chi connectivity index (χ1n) is 3.87. The Morgan fingerprint density at radius 2 is 2.07 bits per heavy atom. The number of benzene rings is 1. The second-order valence-corrected chi connectivity index (χ2v) is 2.77. The molecular formula is C9H8F2N2O. The number of halogens is 2. The number of hydrogen-bond acceptors (Lipinski definition) is 3. The molecule has 0 amide bonds. The third kappa shape index (κ3) is 1.80. The van der Waals surface area contributed by atoms with Crippen LogP contribution in [0.2, 0.25) is 0 Å². The van der Waals surface area contributed by atoms with E-state index in [2.05, 4.69) is 0 Å². The van der Waals surface area contributed by atoms with E-state index in [0.29, 0.717) is 0 Å². The molecule has 0 bridgehead atoms. The lowest BCUT2D eigenvalue weighted by atomic mass is 10.0. The molecule has 0 aliphatic rings. The van der Waals surface area contributed by atoms with Crippen molar-refractivity contribution < 1.29 is 13.9 Å². The van der Waals surface area contributed by atoms with Gasteiger partial charge in [-0.25, -0.2) is 4.39 Å². The van der Waals surface area contributed by atoms with Crippen molar-refractivity contribution in [1.82, 2.24) is 0 Å². The maximum atomic E-state index is 13.1. The number of hydrogen-bond donors (Lipinski definition) is 2. The van der Waals surface area contributed by atoms with E-state index in [1.807, 2.05) is 0 Å². The zero-order chi connectivity index (χ0) is 10.7. The van der Waals surface area contributed by atoms with Crippen molar-refractivity contribution in [3.05, 3.63) is 29.3 Å². The molecule has 1 aromatic carbocycles. The molecule has 0 unspecified atom stereocenters. The highest BCUT2D eigenvalue weighted by Gasteiger charge is 2.17. The van der Waals surface area contributed by atoms with Gasteiger partial charge in [0.15, 0.2) is 11.6 Å². The number of nitriles is 1.